The summed E-state index contributed by atoms with van der Waals surface area (Å²) in [6.07, 6.45) is 4.52. The minimum Gasteiger partial charge on any atom is -0.473 e. The summed E-state index contributed by atoms with van der Waals surface area (Å²) >= 11 is 11.9. The van der Waals surface area contributed by atoms with E-state index >= 15 is 0 Å². The molecule has 1 heterocycles. The second-order valence-corrected chi connectivity index (χ2v) is 6.44. The van der Waals surface area contributed by atoms with Crippen molar-refractivity contribution in [2.45, 2.75) is 45.6 Å². The molecule has 1 aliphatic rings. The van der Waals surface area contributed by atoms with Crippen LogP contribution in [0.4, 0.5) is 5.82 Å². The van der Waals surface area contributed by atoms with Crippen molar-refractivity contribution in [3.63, 3.8) is 0 Å². The molecule has 0 spiro atoms. The molecule has 0 aliphatic heterocycles. The van der Waals surface area contributed by atoms with Crippen molar-refractivity contribution in [2.24, 2.45) is 5.41 Å². The summed E-state index contributed by atoms with van der Waals surface area (Å²) in [5.41, 5.74) is 6.07. The van der Waals surface area contributed by atoms with Gasteiger partial charge in [-0.3, -0.25) is 0 Å². The Labute approximate surface area is 118 Å². The number of rotatable bonds is 2. The zero-order chi connectivity index (χ0) is 13.3. The Kier molecular flexibility index (Phi) is 3.93. The van der Waals surface area contributed by atoms with Crippen LogP contribution in [0.15, 0.2) is 6.07 Å². The van der Waals surface area contributed by atoms with Crippen LogP contribution < -0.4 is 10.5 Å². The van der Waals surface area contributed by atoms with Gasteiger partial charge in [0, 0.05) is 0 Å². The van der Waals surface area contributed by atoms with Gasteiger partial charge < -0.3 is 10.5 Å². The van der Waals surface area contributed by atoms with Crippen LogP contribution in [-0.4, -0.2) is 11.1 Å². The molecule has 100 valence electrons. The molecule has 0 atom stereocenters. The lowest BCUT2D eigenvalue weighted by atomic mass is 9.76. The first-order chi connectivity index (χ1) is 8.37. The van der Waals surface area contributed by atoms with Crippen LogP contribution in [-0.2, 0) is 0 Å². The second-order valence-electron chi connectivity index (χ2n) is 5.62. The van der Waals surface area contributed by atoms with E-state index in [1.165, 1.54) is 0 Å². The number of hydrogen-bond acceptors (Lipinski definition) is 3. The molecule has 18 heavy (non-hydrogen) atoms. The number of nitrogen functional groups attached to an aromatic ring is 1. The third-order valence-corrected chi connectivity index (χ3v) is 4.06. The average molecular weight is 289 g/mol. The van der Waals surface area contributed by atoms with Crippen molar-refractivity contribution in [3.05, 3.63) is 16.1 Å². The van der Waals surface area contributed by atoms with Crippen LogP contribution in [0.25, 0.3) is 0 Å². The summed E-state index contributed by atoms with van der Waals surface area (Å²) < 4.78 is 5.83. The van der Waals surface area contributed by atoms with E-state index in [-0.39, 0.29) is 11.9 Å². The Bertz CT molecular complexity index is 439. The van der Waals surface area contributed by atoms with Gasteiger partial charge in [0.05, 0.1) is 5.02 Å². The Morgan fingerprint density at radius 1 is 1.28 bits per heavy atom. The zero-order valence-corrected chi connectivity index (χ0v) is 12.2. The molecule has 0 radical (unpaired) electrons. The van der Waals surface area contributed by atoms with E-state index in [0.29, 0.717) is 21.3 Å². The van der Waals surface area contributed by atoms with E-state index in [0.717, 1.165) is 25.7 Å². The van der Waals surface area contributed by atoms with E-state index in [9.17, 15) is 0 Å². The fourth-order valence-corrected chi connectivity index (χ4v) is 2.60. The molecule has 0 aromatic carbocycles. The third kappa shape index (κ3) is 3.21. The van der Waals surface area contributed by atoms with Gasteiger partial charge in [-0.05, 0) is 37.2 Å². The Balaban J connectivity index is 2.04. The van der Waals surface area contributed by atoms with Crippen LogP contribution in [0.2, 0.25) is 10.0 Å². The van der Waals surface area contributed by atoms with Crippen molar-refractivity contribution in [3.8, 4) is 5.88 Å². The highest BCUT2D eigenvalue weighted by molar-refractivity contribution is 6.36. The number of nitrogens with two attached hydrogens (primary N) is 1. The first-order valence-electron chi connectivity index (χ1n) is 6.15. The Hall–Kier alpha value is -0.670. The van der Waals surface area contributed by atoms with E-state index in [4.69, 9.17) is 33.7 Å². The molecule has 0 saturated heterocycles. The number of anilines is 1. The number of halogens is 2. The van der Waals surface area contributed by atoms with E-state index in [2.05, 4.69) is 18.8 Å². The van der Waals surface area contributed by atoms with Crippen molar-refractivity contribution in [1.29, 1.82) is 0 Å². The molecular weight excluding hydrogens is 271 g/mol. The molecule has 0 bridgehead atoms. The lowest BCUT2D eigenvalue weighted by molar-refractivity contribution is 0.0951. The molecule has 1 aliphatic carbocycles. The molecule has 0 unspecified atom stereocenters. The molecule has 5 heteroatoms. The summed E-state index contributed by atoms with van der Waals surface area (Å²) in [7, 11) is 0. The number of ether oxygens (including phenoxy) is 1. The van der Waals surface area contributed by atoms with E-state index < -0.39 is 0 Å². The minimum atomic E-state index is 0.170. The fourth-order valence-electron chi connectivity index (χ4n) is 2.19. The second kappa shape index (κ2) is 5.14. The Morgan fingerprint density at radius 3 is 2.50 bits per heavy atom. The van der Waals surface area contributed by atoms with Crippen molar-refractivity contribution >= 4 is 29.0 Å². The molecule has 1 aromatic rings. The normalized spacial score (nSPS) is 19.8. The topological polar surface area (TPSA) is 48.1 Å². The minimum absolute atomic E-state index is 0.170. The molecule has 0 amide bonds. The molecule has 3 nitrogen and oxygen atoms in total. The van der Waals surface area contributed by atoms with E-state index in [1.807, 2.05) is 0 Å². The monoisotopic (exact) mass is 288 g/mol. The SMILES string of the molecule is CC1(C)CCC(Oc2nc(N)c(Cl)cc2Cl)CC1. The number of hydrogen-bond donors (Lipinski definition) is 1. The maximum absolute atomic E-state index is 6.05. The highest BCUT2D eigenvalue weighted by atomic mass is 35.5. The van der Waals surface area contributed by atoms with Gasteiger partial charge in [-0.15, -0.1) is 0 Å². The largest absolute Gasteiger partial charge is 0.473 e. The molecule has 2 rings (SSSR count). The summed E-state index contributed by atoms with van der Waals surface area (Å²) in [4.78, 5) is 4.09. The van der Waals surface area contributed by atoms with Gasteiger partial charge in [-0.25, -0.2) is 0 Å². The standard InChI is InChI=1S/C13H18Cl2N2O/c1-13(2)5-3-8(4-6-13)18-12-10(15)7-9(14)11(16)17-12/h7-8H,3-6H2,1-2H3,(H2,16,17). The number of nitrogens with zero attached hydrogens (tertiary/aromatic N) is 1. The van der Waals surface area contributed by atoms with Crippen molar-refractivity contribution in [2.75, 3.05) is 5.73 Å². The van der Waals surface area contributed by atoms with Crippen molar-refractivity contribution in [1.82, 2.24) is 4.98 Å². The van der Waals surface area contributed by atoms with Gasteiger partial charge in [0.2, 0.25) is 5.88 Å². The molecule has 2 N–H and O–H groups in total. The summed E-state index contributed by atoms with van der Waals surface area (Å²) in [5, 5.41) is 0.774. The predicted molar refractivity (Wildman–Crippen MR) is 75.3 cm³/mol. The maximum atomic E-state index is 6.05. The molecule has 1 saturated carbocycles. The van der Waals surface area contributed by atoms with Gasteiger partial charge in [-0.2, -0.15) is 4.98 Å². The van der Waals surface area contributed by atoms with Crippen LogP contribution in [0.3, 0.4) is 0 Å². The zero-order valence-electron chi connectivity index (χ0n) is 10.7. The molecule has 1 aromatic heterocycles. The fraction of sp³-hybridized carbons (Fsp3) is 0.615. The Morgan fingerprint density at radius 2 is 1.89 bits per heavy atom. The van der Waals surface area contributed by atoms with Crippen LogP contribution in [0.5, 0.6) is 5.88 Å². The van der Waals surface area contributed by atoms with Crippen LogP contribution in [0, 0.1) is 5.41 Å². The first kappa shape index (κ1) is 13.8. The maximum Gasteiger partial charge on any atom is 0.234 e. The van der Waals surface area contributed by atoms with Gasteiger partial charge in [-0.1, -0.05) is 37.0 Å². The molecular formula is C13H18Cl2N2O. The number of aromatic nitrogens is 1. The highest BCUT2D eigenvalue weighted by Gasteiger charge is 2.28. The van der Waals surface area contributed by atoms with Crippen molar-refractivity contribution < 1.29 is 4.74 Å². The smallest absolute Gasteiger partial charge is 0.234 e. The summed E-state index contributed by atoms with van der Waals surface area (Å²) in [5.74, 6) is 0.649. The summed E-state index contributed by atoms with van der Waals surface area (Å²) in [6.45, 7) is 4.57. The number of pyridine rings is 1. The lowest BCUT2D eigenvalue weighted by Gasteiger charge is -2.34. The molecule has 1 fully saturated rings. The van der Waals surface area contributed by atoms with Gasteiger partial charge in [0.25, 0.3) is 0 Å². The van der Waals surface area contributed by atoms with Gasteiger partial charge >= 0.3 is 0 Å². The quantitative estimate of drug-likeness (QED) is 0.882. The lowest BCUT2D eigenvalue weighted by Crippen LogP contribution is -2.28. The summed E-state index contributed by atoms with van der Waals surface area (Å²) in [6, 6.07) is 1.58. The third-order valence-electron chi connectivity index (χ3n) is 3.49. The van der Waals surface area contributed by atoms with Crippen LogP contribution in [0.1, 0.15) is 39.5 Å². The van der Waals surface area contributed by atoms with E-state index in [1.54, 1.807) is 6.07 Å². The average Bonchev–Trinajstić information content (AvgIpc) is 2.28. The van der Waals surface area contributed by atoms with Crippen LogP contribution >= 0.6 is 23.2 Å². The van der Waals surface area contributed by atoms with Gasteiger partial charge in [0.15, 0.2) is 0 Å². The van der Waals surface area contributed by atoms with Gasteiger partial charge in [0.1, 0.15) is 16.9 Å². The highest BCUT2D eigenvalue weighted by Crippen LogP contribution is 2.38. The first-order valence-corrected chi connectivity index (χ1v) is 6.91. The predicted octanol–water partition coefficient (Wildman–Crippen LogP) is 4.32.